The Kier molecular flexibility index (Phi) is 25.3. The lowest BCUT2D eigenvalue weighted by atomic mass is 9.86. The van der Waals surface area contributed by atoms with Crippen LogP contribution in [0.2, 0.25) is 5.15 Å². The number of nitrogens with zero attached hydrogens (tertiary/aromatic N) is 7. The lowest BCUT2D eigenvalue weighted by Gasteiger charge is -2.36. The smallest absolute Gasteiger partial charge is 0.129 e. The Bertz CT molecular complexity index is 4300. The van der Waals surface area contributed by atoms with Crippen LogP contribution in [0.3, 0.4) is 0 Å². The van der Waals surface area contributed by atoms with Gasteiger partial charge < -0.3 is 54.7 Å². The van der Waals surface area contributed by atoms with Crippen molar-refractivity contribution in [3.05, 3.63) is 222 Å². The third kappa shape index (κ3) is 18.3. The molecular formula is C78H81ClI2N8O7S3. The summed E-state index contributed by atoms with van der Waals surface area (Å²) in [5, 5.41) is 30.7. The molecule has 514 valence electrons. The number of benzene rings is 7. The Morgan fingerprint density at radius 2 is 0.939 bits per heavy atom. The van der Waals surface area contributed by atoms with E-state index in [0.717, 1.165) is 115 Å². The van der Waals surface area contributed by atoms with Gasteiger partial charge in [0.25, 0.3) is 0 Å². The molecule has 9 aliphatic heterocycles. The molecule has 10 heterocycles. The Morgan fingerprint density at radius 1 is 0.515 bits per heavy atom. The molecule has 5 N–H and O–H groups in total. The largest absolute Gasteiger partial charge is 0.395 e. The first-order valence-electron chi connectivity index (χ1n) is 33.4. The standard InChI is InChI=1S/C23H24N2O2S.C22H22N2O2S.C11H9IN2.C11H14O2S.C9H5ClIN.C2H7NO/c1-26-23(9-13-27-14-10-23)18-3-2-4-19(16-18)28-20-6-7-21-17(15-20)5-8-22-24-11-12-25(21)22;25-22(8-12-26-13-9-22)17-2-1-3-18(15-17)27-19-5-6-20-16(14-19)4-7-21-23-10-11-24(20)21;12-9-2-3-10-8(7-9)1-4-11-13-5-6-14(10)11;12-11(4-6-13-7-5-11)9-2-1-3-10(14)8-9;10-9-4-1-6-5-7(11)2-3-8(6)12-9;3-1-2-4/h2-8,15-16H,9-14H2,1H3;1-7,14-15,25H,8-13H2;1-4,7H,5-6H2;1-3,8,12,14H,4-7H2;1-5H;4H,1-3H2. The lowest BCUT2D eigenvalue weighted by molar-refractivity contribution is -0.0949. The molecule has 9 aliphatic rings. The number of aliphatic hydroxyl groups is 3. The van der Waals surface area contributed by atoms with Gasteiger partial charge in [-0.15, -0.1) is 12.6 Å². The minimum absolute atomic E-state index is 0.0972. The van der Waals surface area contributed by atoms with Gasteiger partial charge in [-0.25, -0.2) is 4.98 Å². The number of nitrogens with two attached hydrogens (primary N) is 1. The molecule has 21 heteroatoms. The summed E-state index contributed by atoms with van der Waals surface area (Å²) in [6.45, 7) is 10.1. The molecular weight excluding hydrogens is 1550 g/mol. The van der Waals surface area contributed by atoms with Gasteiger partial charge >= 0.3 is 0 Å². The molecule has 0 radical (unpaired) electrons. The average Bonchev–Trinajstić information content (AvgIpc) is 1.12. The monoisotopic (exact) mass is 1630 g/mol. The zero-order chi connectivity index (χ0) is 68.8. The van der Waals surface area contributed by atoms with Crippen molar-refractivity contribution in [3.63, 3.8) is 0 Å². The highest BCUT2D eigenvalue weighted by Crippen LogP contribution is 2.42. The van der Waals surface area contributed by atoms with Crippen LogP contribution >= 0.6 is 92.9 Å². The number of hydrogen-bond acceptors (Lipinski definition) is 18. The van der Waals surface area contributed by atoms with Crippen LogP contribution in [-0.2, 0) is 35.8 Å². The van der Waals surface area contributed by atoms with Gasteiger partial charge in [0.1, 0.15) is 22.7 Å². The SMILES string of the molecule is COC1(c2cccc(Sc3ccc4c(c3)C=CC3=NCCN34)c2)CCOCC1.Clc1ccc2cc(I)ccc2n1.Ic1ccc2c(c1)C=CC1=NCCN12.NCCO.OC1(c2cccc(S)c2)CCOCC1.OC1(c2cccc(Sc3ccc4c(c3)C=CC3=NCCN34)c2)CCOCC1. The van der Waals surface area contributed by atoms with Crippen LogP contribution < -0.4 is 20.4 Å². The van der Waals surface area contributed by atoms with Crippen LogP contribution in [0.1, 0.15) is 71.9 Å². The van der Waals surface area contributed by atoms with Crippen molar-refractivity contribution in [1.82, 2.24) is 4.98 Å². The molecule has 99 heavy (non-hydrogen) atoms. The molecule has 7 aromatic carbocycles. The van der Waals surface area contributed by atoms with Gasteiger partial charge in [0.15, 0.2) is 0 Å². The number of thiol groups is 1. The van der Waals surface area contributed by atoms with Crippen LogP contribution in [0.15, 0.2) is 215 Å². The molecule has 1 aromatic heterocycles. The number of hydrogen-bond donors (Lipinski definition) is 5. The minimum Gasteiger partial charge on any atom is -0.395 e. The van der Waals surface area contributed by atoms with Crippen LogP contribution in [-0.4, -0.2) is 137 Å². The summed E-state index contributed by atoms with van der Waals surface area (Å²) in [6, 6.07) is 54.5. The Labute approximate surface area is 626 Å². The minimum atomic E-state index is -0.765. The number of halogens is 3. The highest BCUT2D eigenvalue weighted by molar-refractivity contribution is 14.1. The molecule has 3 saturated heterocycles. The maximum Gasteiger partial charge on any atom is 0.129 e. The third-order valence-electron chi connectivity index (χ3n) is 18.4. The maximum absolute atomic E-state index is 11.0. The van der Waals surface area contributed by atoms with E-state index in [9.17, 15) is 10.2 Å². The van der Waals surface area contributed by atoms with E-state index in [-0.39, 0.29) is 12.2 Å². The molecule has 17 rings (SSSR count). The number of aliphatic hydroxyl groups excluding tert-OH is 1. The van der Waals surface area contributed by atoms with E-state index in [2.05, 4.69) is 226 Å². The quantitative estimate of drug-likeness (QED) is 0.0523. The molecule has 15 nitrogen and oxygen atoms in total. The van der Waals surface area contributed by atoms with Crippen molar-refractivity contribution < 1.29 is 34.3 Å². The first-order valence-corrected chi connectivity index (χ1v) is 38.0. The topological polar surface area (TPSA) is 183 Å². The van der Waals surface area contributed by atoms with Crippen molar-refractivity contribution in [1.29, 1.82) is 0 Å². The predicted octanol–water partition coefficient (Wildman–Crippen LogP) is 15.8. The van der Waals surface area contributed by atoms with Crippen LogP contribution in [0, 0.1) is 7.14 Å². The molecule has 0 atom stereocenters. The molecule has 0 bridgehead atoms. The first-order chi connectivity index (χ1) is 48.2. The van der Waals surface area contributed by atoms with Crippen molar-refractivity contribution >= 4 is 157 Å². The number of pyridine rings is 1. The summed E-state index contributed by atoms with van der Waals surface area (Å²) in [5.74, 6) is 3.26. The molecule has 0 amide bonds. The third-order valence-corrected chi connectivity index (χ3v) is 22.2. The van der Waals surface area contributed by atoms with Gasteiger partial charge in [-0.3, -0.25) is 15.0 Å². The van der Waals surface area contributed by atoms with E-state index in [4.69, 9.17) is 41.4 Å². The maximum atomic E-state index is 11.0. The number of rotatable bonds is 9. The fraction of sp³-hybridized carbons (Fsp3) is 0.308. The van der Waals surface area contributed by atoms with E-state index in [1.165, 1.54) is 61.1 Å². The predicted molar refractivity (Wildman–Crippen MR) is 425 cm³/mol. The Balaban J connectivity index is 0.000000121. The number of anilines is 3. The van der Waals surface area contributed by atoms with E-state index >= 15 is 0 Å². The normalized spacial score (nSPS) is 18.2. The molecule has 0 spiro atoms. The zero-order valence-electron chi connectivity index (χ0n) is 55.2. The number of ether oxygens (including phenoxy) is 4. The van der Waals surface area contributed by atoms with Crippen molar-refractivity contribution in [2.75, 3.05) is 114 Å². The average molecular weight is 1630 g/mol. The number of aromatic nitrogens is 1. The lowest BCUT2D eigenvalue weighted by Crippen LogP contribution is -2.35. The first kappa shape index (κ1) is 72.8. The second-order valence-electron chi connectivity index (χ2n) is 24.7. The van der Waals surface area contributed by atoms with Crippen LogP contribution in [0.5, 0.6) is 0 Å². The van der Waals surface area contributed by atoms with Gasteiger partial charge in [0.05, 0.1) is 48.6 Å². The fourth-order valence-electron chi connectivity index (χ4n) is 13.0. The van der Waals surface area contributed by atoms with Crippen LogP contribution in [0.25, 0.3) is 29.1 Å². The van der Waals surface area contributed by atoms with Crippen LogP contribution in [0.4, 0.5) is 17.1 Å². The summed E-state index contributed by atoms with van der Waals surface area (Å²) in [4.78, 5) is 30.3. The van der Waals surface area contributed by atoms with Crippen molar-refractivity contribution in [2.24, 2.45) is 20.7 Å². The van der Waals surface area contributed by atoms with Gasteiger partial charge in [-0.2, -0.15) is 0 Å². The molecule has 0 saturated carbocycles. The van der Waals surface area contributed by atoms with Gasteiger partial charge in [0, 0.05) is 166 Å². The highest BCUT2D eigenvalue weighted by atomic mass is 127. The number of aliphatic imine (C=N–C) groups is 3. The van der Waals surface area contributed by atoms with Gasteiger partial charge in [0.2, 0.25) is 0 Å². The Hall–Kier alpha value is -5.94. The highest BCUT2D eigenvalue weighted by Gasteiger charge is 2.36. The number of fused-ring (bicyclic) bond motifs is 10. The second-order valence-corrected chi connectivity index (χ2v) is 30.4. The number of methoxy groups -OCH3 is 1. The molecule has 0 unspecified atom stereocenters. The summed E-state index contributed by atoms with van der Waals surface area (Å²) in [6.07, 6.45) is 17.3. The fourth-order valence-corrected chi connectivity index (χ4v) is 16.3. The van der Waals surface area contributed by atoms with E-state index in [1.54, 1.807) is 29.6 Å². The van der Waals surface area contributed by atoms with Crippen molar-refractivity contribution in [3.8, 4) is 0 Å². The van der Waals surface area contributed by atoms with E-state index < -0.39 is 11.2 Å². The molecule has 3 fully saturated rings. The summed E-state index contributed by atoms with van der Waals surface area (Å²) < 4.78 is 24.7. The summed E-state index contributed by atoms with van der Waals surface area (Å²) in [5.41, 5.74) is 14.8. The number of amidine groups is 3. The Morgan fingerprint density at radius 3 is 1.43 bits per heavy atom. The van der Waals surface area contributed by atoms with Gasteiger partial charge in [-0.1, -0.05) is 71.5 Å². The van der Waals surface area contributed by atoms with E-state index in [0.29, 0.717) is 63.8 Å². The second kappa shape index (κ2) is 34.4. The summed E-state index contributed by atoms with van der Waals surface area (Å²) >= 11 is 18.2. The van der Waals surface area contributed by atoms with Gasteiger partial charge in [-0.05, 0) is 236 Å². The summed E-state index contributed by atoms with van der Waals surface area (Å²) in [7, 11) is 1.82. The molecule has 0 aliphatic carbocycles. The molecule has 8 aromatic rings. The van der Waals surface area contributed by atoms with Crippen molar-refractivity contribution in [2.45, 2.75) is 79.8 Å². The van der Waals surface area contributed by atoms with E-state index in [1.807, 2.05) is 61.7 Å². The zero-order valence-corrected chi connectivity index (χ0v) is 62.8.